The van der Waals surface area contributed by atoms with Gasteiger partial charge in [0.25, 0.3) is 0 Å². The summed E-state index contributed by atoms with van der Waals surface area (Å²) in [6.45, 7) is 2.29. The van der Waals surface area contributed by atoms with Crippen molar-refractivity contribution in [2.24, 2.45) is 5.73 Å². The predicted octanol–water partition coefficient (Wildman–Crippen LogP) is 2.41. The topological polar surface area (TPSA) is 38.5 Å². The number of nitrogens with two attached hydrogens (primary N) is 1. The first-order valence-electron chi connectivity index (χ1n) is 6.02. The zero-order chi connectivity index (χ0) is 12.3. The van der Waals surface area contributed by atoms with Crippen LogP contribution in [0.15, 0.2) is 18.2 Å². The van der Waals surface area contributed by atoms with Gasteiger partial charge in [0.05, 0.1) is 6.10 Å². The molecule has 2 N–H and O–H groups in total. The summed E-state index contributed by atoms with van der Waals surface area (Å²) in [6, 6.07) is 6.02. The van der Waals surface area contributed by atoms with Gasteiger partial charge in [0.1, 0.15) is 0 Å². The van der Waals surface area contributed by atoms with Crippen LogP contribution >= 0.6 is 11.6 Å². The second kappa shape index (κ2) is 5.71. The first-order chi connectivity index (χ1) is 8.20. The molecule has 0 bridgehead atoms. The molecular formula is C13H19ClN2O. The Morgan fingerprint density at radius 1 is 1.53 bits per heavy atom. The van der Waals surface area contributed by atoms with Crippen LogP contribution in [0.1, 0.15) is 18.4 Å². The number of halogens is 1. The fourth-order valence-corrected chi connectivity index (χ4v) is 2.39. The molecule has 1 unspecified atom stereocenters. The van der Waals surface area contributed by atoms with E-state index >= 15 is 0 Å². The molecule has 1 aliphatic rings. The molecule has 94 valence electrons. The van der Waals surface area contributed by atoms with Gasteiger partial charge >= 0.3 is 0 Å². The van der Waals surface area contributed by atoms with Crippen LogP contribution in [0, 0.1) is 0 Å². The zero-order valence-electron chi connectivity index (χ0n) is 10.2. The molecule has 3 nitrogen and oxygen atoms in total. The summed E-state index contributed by atoms with van der Waals surface area (Å²) in [5.74, 6) is 0. The second-order valence-corrected chi connectivity index (χ2v) is 4.90. The van der Waals surface area contributed by atoms with Gasteiger partial charge in [0.2, 0.25) is 0 Å². The number of ether oxygens (including phenoxy) is 1. The lowest BCUT2D eigenvalue weighted by molar-refractivity contribution is 0.116. The van der Waals surface area contributed by atoms with Gasteiger partial charge in [-0.15, -0.1) is 0 Å². The molecule has 0 aliphatic carbocycles. The highest BCUT2D eigenvalue weighted by Crippen LogP contribution is 2.24. The quantitative estimate of drug-likeness (QED) is 0.897. The molecule has 1 aliphatic heterocycles. The average molecular weight is 255 g/mol. The molecule has 2 rings (SSSR count). The Bertz CT molecular complexity index is 378. The summed E-state index contributed by atoms with van der Waals surface area (Å²) in [5.41, 5.74) is 7.69. The van der Waals surface area contributed by atoms with Crippen LogP contribution in [0.4, 0.5) is 5.69 Å². The van der Waals surface area contributed by atoms with E-state index in [0.717, 1.165) is 35.8 Å². The number of hydrogen-bond donors (Lipinski definition) is 1. The van der Waals surface area contributed by atoms with Gasteiger partial charge in [-0.1, -0.05) is 17.7 Å². The van der Waals surface area contributed by atoms with E-state index in [1.165, 1.54) is 6.42 Å². The van der Waals surface area contributed by atoms with Crippen LogP contribution in [0.25, 0.3) is 0 Å². The molecule has 4 heteroatoms. The van der Waals surface area contributed by atoms with Gasteiger partial charge in [-0.05, 0) is 30.5 Å². The fourth-order valence-electron chi connectivity index (χ4n) is 2.14. The molecule has 0 radical (unpaired) electrons. The smallest absolute Gasteiger partial charge is 0.0750 e. The summed E-state index contributed by atoms with van der Waals surface area (Å²) in [7, 11) is 2.06. The van der Waals surface area contributed by atoms with Gasteiger partial charge in [-0.25, -0.2) is 0 Å². The van der Waals surface area contributed by atoms with Gasteiger partial charge in [-0.2, -0.15) is 0 Å². The highest BCUT2D eigenvalue weighted by atomic mass is 35.5. The molecule has 0 spiro atoms. The number of anilines is 1. The van der Waals surface area contributed by atoms with Crippen molar-refractivity contribution in [1.29, 1.82) is 0 Å². The maximum atomic E-state index is 6.15. The Labute approximate surface area is 107 Å². The van der Waals surface area contributed by atoms with Crippen molar-refractivity contribution in [3.8, 4) is 0 Å². The highest BCUT2D eigenvalue weighted by Gasteiger charge is 2.17. The van der Waals surface area contributed by atoms with E-state index in [4.69, 9.17) is 22.1 Å². The number of rotatable bonds is 4. The van der Waals surface area contributed by atoms with Gasteiger partial charge in [-0.3, -0.25) is 0 Å². The van der Waals surface area contributed by atoms with Gasteiger partial charge in [0, 0.05) is 37.5 Å². The van der Waals surface area contributed by atoms with E-state index in [1.54, 1.807) is 0 Å². The molecule has 17 heavy (non-hydrogen) atoms. The Morgan fingerprint density at radius 3 is 2.94 bits per heavy atom. The molecule has 1 fully saturated rings. The number of benzene rings is 1. The van der Waals surface area contributed by atoms with E-state index in [0.29, 0.717) is 12.6 Å². The molecule has 1 aromatic rings. The number of nitrogens with zero attached hydrogens (tertiary/aromatic N) is 1. The summed E-state index contributed by atoms with van der Waals surface area (Å²) >= 11 is 6.15. The van der Waals surface area contributed by atoms with Crippen molar-refractivity contribution in [3.05, 3.63) is 28.8 Å². The minimum Gasteiger partial charge on any atom is -0.376 e. The van der Waals surface area contributed by atoms with E-state index in [2.05, 4.69) is 18.0 Å². The van der Waals surface area contributed by atoms with Crippen LogP contribution in [-0.4, -0.2) is 26.3 Å². The lowest BCUT2D eigenvalue weighted by Crippen LogP contribution is -2.28. The molecular weight excluding hydrogens is 236 g/mol. The van der Waals surface area contributed by atoms with Gasteiger partial charge in [0.15, 0.2) is 0 Å². The summed E-state index contributed by atoms with van der Waals surface area (Å²) in [6.07, 6.45) is 2.68. The standard InChI is InChI=1S/C13H19ClN2O/c1-16(9-12-3-2-6-17-12)11-5-4-10(8-15)13(14)7-11/h4-5,7,12H,2-3,6,8-9,15H2,1H3. The Kier molecular flexibility index (Phi) is 4.26. The normalized spacial score (nSPS) is 19.6. The van der Waals surface area contributed by atoms with Crippen LogP contribution in [-0.2, 0) is 11.3 Å². The highest BCUT2D eigenvalue weighted by molar-refractivity contribution is 6.31. The van der Waals surface area contributed by atoms with Crippen molar-refractivity contribution in [2.45, 2.75) is 25.5 Å². The minimum atomic E-state index is 0.355. The van der Waals surface area contributed by atoms with Crippen molar-refractivity contribution >= 4 is 17.3 Å². The van der Waals surface area contributed by atoms with Crippen LogP contribution in [0.5, 0.6) is 0 Å². The van der Waals surface area contributed by atoms with Crippen LogP contribution < -0.4 is 10.6 Å². The molecule has 0 saturated carbocycles. The van der Waals surface area contributed by atoms with E-state index in [9.17, 15) is 0 Å². The van der Waals surface area contributed by atoms with E-state index in [-0.39, 0.29) is 0 Å². The molecule has 0 amide bonds. The molecule has 1 saturated heterocycles. The third-order valence-corrected chi connectivity index (χ3v) is 3.55. The molecule has 1 atom stereocenters. The molecule has 0 aromatic heterocycles. The largest absolute Gasteiger partial charge is 0.376 e. The van der Waals surface area contributed by atoms with Crippen molar-refractivity contribution in [1.82, 2.24) is 0 Å². The first-order valence-corrected chi connectivity index (χ1v) is 6.39. The van der Waals surface area contributed by atoms with E-state index < -0.39 is 0 Å². The van der Waals surface area contributed by atoms with Crippen molar-refractivity contribution in [2.75, 3.05) is 25.1 Å². The predicted molar refractivity (Wildman–Crippen MR) is 71.6 cm³/mol. The maximum Gasteiger partial charge on any atom is 0.0750 e. The average Bonchev–Trinajstić information content (AvgIpc) is 2.81. The Balaban J connectivity index is 2.02. The van der Waals surface area contributed by atoms with Gasteiger partial charge < -0.3 is 15.4 Å². The van der Waals surface area contributed by atoms with E-state index in [1.807, 2.05) is 12.1 Å². The fraction of sp³-hybridized carbons (Fsp3) is 0.538. The summed E-state index contributed by atoms with van der Waals surface area (Å²) in [4.78, 5) is 2.18. The third kappa shape index (κ3) is 3.12. The summed E-state index contributed by atoms with van der Waals surface area (Å²) < 4.78 is 5.63. The molecule has 1 heterocycles. The lowest BCUT2D eigenvalue weighted by Gasteiger charge is -2.23. The zero-order valence-corrected chi connectivity index (χ0v) is 10.9. The monoisotopic (exact) mass is 254 g/mol. The van der Waals surface area contributed by atoms with Crippen LogP contribution in [0.3, 0.4) is 0 Å². The molecule has 1 aromatic carbocycles. The summed E-state index contributed by atoms with van der Waals surface area (Å²) in [5, 5.41) is 0.740. The Hall–Kier alpha value is -0.770. The van der Waals surface area contributed by atoms with Crippen molar-refractivity contribution in [3.63, 3.8) is 0 Å². The lowest BCUT2D eigenvalue weighted by atomic mass is 10.2. The Morgan fingerprint density at radius 2 is 2.35 bits per heavy atom. The number of likely N-dealkylation sites (N-methyl/N-ethyl adjacent to an activating group) is 1. The SMILES string of the molecule is CN(CC1CCCO1)c1ccc(CN)c(Cl)c1. The maximum absolute atomic E-state index is 6.15. The first kappa shape index (κ1) is 12.7. The van der Waals surface area contributed by atoms with Crippen LogP contribution in [0.2, 0.25) is 5.02 Å². The van der Waals surface area contributed by atoms with Crippen molar-refractivity contribution < 1.29 is 4.74 Å². The number of hydrogen-bond acceptors (Lipinski definition) is 3. The minimum absolute atomic E-state index is 0.355. The third-order valence-electron chi connectivity index (χ3n) is 3.20. The second-order valence-electron chi connectivity index (χ2n) is 4.50.